The highest BCUT2D eigenvalue weighted by atomic mass is 32.2. The van der Waals surface area contributed by atoms with E-state index in [0.29, 0.717) is 19.0 Å². The molecule has 0 aliphatic carbocycles. The molecule has 0 aliphatic rings. The van der Waals surface area contributed by atoms with Crippen molar-refractivity contribution >= 4 is 21.4 Å². The van der Waals surface area contributed by atoms with Crippen LogP contribution in [0.4, 0.5) is 0 Å². The fraction of sp³-hybridized carbons (Fsp3) is 0.455. The Morgan fingerprint density at radius 1 is 1.56 bits per heavy atom. The van der Waals surface area contributed by atoms with Crippen molar-refractivity contribution in [3.05, 3.63) is 34.4 Å². The second-order valence-electron chi connectivity index (χ2n) is 3.98. The molecule has 0 amide bonds. The van der Waals surface area contributed by atoms with Gasteiger partial charge < -0.3 is 0 Å². The normalized spacial score (nSPS) is 12.2. The number of rotatable bonds is 6. The molecule has 0 saturated heterocycles. The van der Waals surface area contributed by atoms with Gasteiger partial charge in [-0.25, -0.2) is 8.42 Å². The third-order valence-electron chi connectivity index (χ3n) is 2.05. The molecule has 0 saturated carbocycles. The molecule has 0 atom stereocenters. The third kappa shape index (κ3) is 3.73. The van der Waals surface area contributed by atoms with E-state index >= 15 is 0 Å². The molecule has 0 bridgehead atoms. The Morgan fingerprint density at radius 2 is 2.25 bits per heavy atom. The van der Waals surface area contributed by atoms with Gasteiger partial charge >= 0.3 is 0 Å². The van der Waals surface area contributed by atoms with E-state index in [0.717, 1.165) is 10.3 Å². The second kappa shape index (κ2) is 5.61. The molecule has 1 heterocycles. The summed E-state index contributed by atoms with van der Waals surface area (Å²) in [5.74, 6) is 0.301. The quantitative estimate of drug-likeness (QED) is 0.787. The number of nitrogens with zero attached hydrogens (tertiary/aromatic N) is 1. The van der Waals surface area contributed by atoms with Gasteiger partial charge in [0.15, 0.2) is 0 Å². The van der Waals surface area contributed by atoms with Crippen molar-refractivity contribution in [2.75, 3.05) is 6.54 Å². The molecule has 0 aliphatic heterocycles. The van der Waals surface area contributed by atoms with Crippen molar-refractivity contribution < 1.29 is 8.42 Å². The van der Waals surface area contributed by atoms with E-state index < -0.39 is 10.0 Å². The molecule has 16 heavy (non-hydrogen) atoms. The lowest BCUT2D eigenvalue weighted by Crippen LogP contribution is -2.31. The Morgan fingerprint density at radius 3 is 2.69 bits per heavy atom. The van der Waals surface area contributed by atoms with Gasteiger partial charge in [0.25, 0.3) is 0 Å². The SMILES string of the molecule is C=CS(=O)(=O)N(Cc1cccs1)CC(C)C. The molecular weight excluding hydrogens is 242 g/mol. The monoisotopic (exact) mass is 259 g/mol. The summed E-state index contributed by atoms with van der Waals surface area (Å²) in [5, 5.41) is 2.96. The van der Waals surface area contributed by atoms with Crippen LogP contribution in [0.2, 0.25) is 0 Å². The molecule has 5 heteroatoms. The lowest BCUT2D eigenvalue weighted by molar-refractivity contribution is 0.369. The summed E-state index contributed by atoms with van der Waals surface area (Å²) in [6.45, 7) is 8.32. The van der Waals surface area contributed by atoms with Crippen molar-refractivity contribution in [3.63, 3.8) is 0 Å². The fourth-order valence-electron chi connectivity index (χ4n) is 1.35. The standard InChI is InChI=1S/C11H17NO2S2/c1-4-16(13,14)12(8-10(2)3)9-11-6-5-7-15-11/h4-7,10H,1,8-9H2,2-3H3. The van der Waals surface area contributed by atoms with Crippen molar-refractivity contribution in [3.8, 4) is 0 Å². The van der Waals surface area contributed by atoms with Gasteiger partial charge in [-0.2, -0.15) is 4.31 Å². The van der Waals surface area contributed by atoms with Gasteiger partial charge in [-0.1, -0.05) is 26.5 Å². The van der Waals surface area contributed by atoms with Gasteiger partial charge in [0.2, 0.25) is 10.0 Å². The Kier molecular flexibility index (Phi) is 4.70. The first kappa shape index (κ1) is 13.4. The first-order chi connectivity index (χ1) is 7.45. The summed E-state index contributed by atoms with van der Waals surface area (Å²) in [6.07, 6.45) is 0. The van der Waals surface area contributed by atoms with Crippen LogP contribution in [0.3, 0.4) is 0 Å². The first-order valence-electron chi connectivity index (χ1n) is 5.10. The summed E-state index contributed by atoms with van der Waals surface area (Å²) in [5.41, 5.74) is 0. The van der Waals surface area contributed by atoms with Crippen LogP contribution in [-0.4, -0.2) is 19.3 Å². The minimum absolute atomic E-state index is 0.301. The van der Waals surface area contributed by atoms with Crippen LogP contribution in [0, 0.1) is 5.92 Å². The number of thiophene rings is 1. The predicted octanol–water partition coefficient (Wildman–Crippen LogP) is 2.68. The highest BCUT2D eigenvalue weighted by Gasteiger charge is 2.20. The highest BCUT2D eigenvalue weighted by molar-refractivity contribution is 7.92. The largest absolute Gasteiger partial charge is 0.235 e. The van der Waals surface area contributed by atoms with Gasteiger partial charge in [-0.15, -0.1) is 11.3 Å². The smallest absolute Gasteiger partial charge is 0.208 e. The van der Waals surface area contributed by atoms with Crippen LogP contribution >= 0.6 is 11.3 Å². The maximum absolute atomic E-state index is 11.8. The van der Waals surface area contributed by atoms with Gasteiger partial charge in [0, 0.05) is 23.4 Å². The maximum Gasteiger partial charge on any atom is 0.235 e. The topological polar surface area (TPSA) is 37.4 Å². The number of hydrogen-bond acceptors (Lipinski definition) is 3. The molecule has 3 nitrogen and oxygen atoms in total. The van der Waals surface area contributed by atoms with Crippen LogP contribution in [0.1, 0.15) is 18.7 Å². The lowest BCUT2D eigenvalue weighted by atomic mass is 10.2. The molecule has 1 aromatic rings. The van der Waals surface area contributed by atoms with E-state index in [9.17, 15) is 8.42 Å². The average molecular weight is 259 g/mol. The van der Waals surface area contributed by atoms with Gasteiger partial charge in [-0.3, -0.25) is 0 Å². The zero-order valence-corrected chi connectivity index (χ0v) is 11.2. The minimum Gasteiger partial charge on any atom is -0.208 e. The van der Waals surface area contributed by atoms with Crippen molar-refractivity contribution in [1.82, 2.24) is 4.31 Å². The molecular formula is C11H17NO2S2. The average Bonchev–Trinajstić information content (AvgIpc) is 2.69. The fourth-order valence-corrected chi connectivity index (χ4v) is 3.18. The first-order valence-corrected chi connectivity index (χ1v) is 7.49. The van der Waals surface area contributed by atoms with Crippen molar-refractivity contribution in [1.29, 1.82) is 0 Å². The van der Waals surface area contributed by atoms with E-state index in [4.69, 9.17) is 0 Å². The minimum atomic E-state index is -3.33. The van der Waals surface area contributed by atoms with Gasteiger partial charge in [0.05, 0.1) is 0 Å². The van der Waals surface area contributed by atoms with Crippen LogP contribution < -0.4 is 0 Å². The van der Waals surface area contributed by atoms with Crippen LogP contribution in [0.15, 0.2) is 29.5 Å². The Balaban J connectivity index is 2.84. The van der Waals surface area contributed by atoms with Crippen molar-refractivity contribution in [2.24, 2.45) is 5.92 Å². The van der Waals surface area contributed by atoms with E-state index in [1.807, 2.05) is 31.4 Å². The van der Waals surface area contributed by atoms with Crippen molar-refractivity contribution in [2.45, 2.75) is 20.4 Å². The summed E-state index contributed by atoms with van der Waals surface area (Å²) in [7, 11) is -3.33. The van der Waals surface area contributed by atoms with Gasteiger partial charge in [0.1, 0.15) is 0 Å². The molecule has 1 rings (SSSR count). The van der Waals surface area contributed by atoms with E-state index in [2.05, 4.69) is 6.58 Å². The zero-order chi connectivity index (χ0) is 12.2. The van der Waals surface area contributed by atoms with Crippen LogP contribution in [0.25, 0.3) is 0 Å². The number of hydrogen-bond donors (Lipinski definition) is 0. The summed E-state index contributed by atoms with van der Waals surface area (Å²) in [6, 6.07) is 3.87. The summed E-state index contributed by atoms with van der Waals surface area (Å²) in [4.78, 5) is 1.05. The van der Waals surface area contributed by atoms with E-state index in [-0.39, 0.29) is 0 Å². The highest BCUT2D eigenvalue weighted by Crippen LogP contribution is 2.16. The molecule has 0 N–H and O–H groups in total. The Hall–Kier alpha value is -0.650. The molecule has 0 radical (unpaired) electrons. The Bertz CT molecular complexity index is 421. The molecule has 1 aromatic heterocycles. The van der Waals surface area contributed by atoms with E-state index in [1.54, 1.807) is 11.3 Å². The maximum atomic E-state index is 11.8. The second-order valence-corrected chi connectivity index (χ2v) is 6.89. The zero-order valence-electron chi connectivity index (χ0n) is 9.59. The molecule has 90 valence electrons. The number of sulfonamides is 1. The molecule has 0 unspecified atom stereocenters. The van der Waals surface area contributed by atoms with Crippen LogP contribution in [-0.2, 0) is 16.6 Å². The summed E-state index contributed by atoms with van der Waals surface area (Å²) >= 11 is 1.56. The lowest BCUT2D eigenvalue weighted by Gasteiger charge is -2.21. The molecule has 0 fully saturated rings. The third-order valence-corrected chi connectivity index (χ3v) is 4.33. The van der Waals surface area contributed by atoms with Crippen LogP contribution in [0.5, 0.6) is 0 Å². The summed E-state index contributed by atoms with van der Waals surface area (Å²) < 4.78 is 25.0. The molecule has 0 spiro atoms. The molecule has 0 aromatic carbocycles. The predicted molar refractivity (Wildman–Crippen MR) is 68.7 cm³/mol. The van der Waals surface area contributed by atoms with Gasteiger partial charge in [-0.05, 0) is 17.4 Å². The van der Waals surface area contributed by atoms with E-state index in [1.165, 1.54) is 4.31 Å². The Labute approximate surface area is 101 Å².